The van der Waals surface area contributed by atoms with Gasteiger partial charge in [0.25, 0.3) is 5.91 Å². The minimum absolute atomic E-state index is 0.100. The number of aryl methyl sites for hydroxylation is 1. The van der Waals surface area contributed by atoms with Crippen molar-refractivity contribution in [3.05, 3.63) is 65.0 Å². The average molecular weight is 381 g/mol. The van der Waals surface area contributed by atoms with Gasteiger partial charge in [-0.1, -0.05) is 51.1 Å². The maximum atomic E-state index is 14.5. The molecule has 5 nitrogen and oxygen atoms in total. The lowest BCUT2D eigenvalue weighted by Crippen LogP contribution is -2.46. The molecule has 1 aliphatic rings. The van der Waals surface area contributed by atoms with Crippen LogP contribution in [0.5, 0.6) is 0 Å². The van der Waals surface area contributed by atoms with Crippen LogP contribution in [0.2, 0.25) is 0 Å². The van der Waals surface area contributed by atoms with Gasteiger partial charge in [0.05, 0.1) is 17.9 Å². The number of anilines is 1. The first-order valence-corrected chi connectivity index (χ1v) is 9.14. The van der Waals surface area contributed by atoms with Crippen molar-refractivity contribution < 1.29 is 14.0 Å². The number of hydrogen-bond donors (Lipinski definition) is 1. The first-order chi connectivity index (χ1) is 13.1. The van der Waals surface area contributed by atoms with E-state index in [1.807, 2.05) is 19.1 Å². The van der Waals surface area contributed by atoms with Crippen LogP contribution in [0.4, 0.5) is 10.1 Å². The number of Topliss-reactive ketones (excluding diaryl/α,β-unsaturated/α-hetero) is 1. The number of benzodiazepines with no additional fused rings is 1. The van der Waals surface area contributed by atoms with Crippen LogP contribution in [0, 0.1) is 18.2 Å². The molecule has 1 aliphatic heterocycles. The highest BCUT2D eigenvalue weighted by Crippen LogP contribution is 2.32. The molecule has 1 heterocycles. The summed E-state index contributed by atoms with van der Waals surface area (Å²) >= 11 is 0. The summed E-state index contributed by atoms with van der Waals surface area (Å²) < 4.78 is 14.5. The first-order valence-electron chi connectivity index (χ1n) is 9.14. The normalized spacial score (nSPS) is 17.1. The van der Waals surface area contributed by atoms with Crippen molar-refractivity contribution in [2.24, 2.45) is 16.1 Å². The van der Waals surface area contributed by atoms with Crippen molar-refractivity contribution in [3.8, 4) is 0 Å². The van der Waals surface area contributed by atoms with Crippen molar-refractivity contribution in [1.82, 2.24) is 0 Å². The highest BCUT2D eigenvalue weighted by molar-refractivity contribution is 6.21. The van der Waals surface area contributed by atoms with Gasteiger partial charge in [0.15, 0.2) is 11.9 Å². The summed E-state index contributed by atoms with van der Waals surface area (Å²) in [6.07, 6.45) is -1.23. The van der Waals surface area contributed by atoms with E-state index < -0.39 is 23.3 Å². The summed E-state index contributed by atoms with van der Waals surface area (Å²) in [4.78, 5) is 31.5. The molecule has 0 fully saturated rings. The number of carbonyl (C=O) groups excluding carboxylic acids is 2. The number of benzene rings is 2. The van der Waals surface area contributed by atoms with Gasteiger partial charge in [0, 0.05) is 16.5 Å². The molecule has 0 saturated heterocycles. The molecule has 0 aromatic heterocycles. The Morgan fingerprint density at radius 2 is 1.79 bits per heavy atom. The van der Waals surface area contributed by atoms with E-state index in [9.17, 15) is 14.0 Å². The van der Waals surface area contributed by atoms with E-state index in [0.717, 1.165) is 5.56 Å². The molecule has 1 unspecified atom stereocenters. The molecule has 2 aromatic rings. The second kappa shape index (κ2) is 7.28. The first kappa shape index (κ1) is 19.9. The van der Waals surface area contributed by atoms with E-state index in [1.54, 1.807) is 45.0 Å². The Morgan fingerprint density at radius 1 is 1.14 bits per heavy atom. The van der Waals surface area contributed by atoms with E-state index >= 15 is 0 Å². The summed E-state index contributed by atoms with van der Waals surface area (Å²) in [6, 6.07) is 11.7. The Kier molecular flexibility index (Phi) is 5.17. The van der Waals surface area contributed by atoms with E-state index in [0.29, 0.717) is 17.0 Å². The van der Waals surface area contributed by atoms with Gasteiger partial charge in [-0.15, -0.1) is 0 Å². The molecule has 146 valence electrons. The highest BCUT2D eigenvalue weighted by atomic mass is 19.1. The lowest BCUT2D eigenvalue weighted by Gasteiger charge is -2.28. The number of ketones is 1. The molecule has 2 N–H and O–H groups in total. The quantitative estimate of drug-likeness (QED) is 0.887. The lowest BCUT2D eigenvalue weighted by molar-refractivity contribution is -0.127. The molecule has 0 aliphatic carbocycles. The zero-order valence-electron chi connectivity index (χ0n) is 16.5. The fraction of sp³-hybridized carbons (Fsp3) is 0.318. The summed E-state index contributed by atoms with van der Waals surface area (Å²) in [6.45, 7) is 7.14. The smallest absolute Gasteiger partial charge is 0.266 e. The van der Waals surface area contributed by atoms with Crippen LogP contribution in [-0.2, 0) is 9.59 Å². The van der Waals surface area contributed by atoms with Crippen LogP contribution >= 0.6 is 0 Å². The Hall–Kier alpha value is -2.86. The molecule has 6 heteroatoms. The number of carbonyl (C=O) groups is 2. The summed E-state index contributed by atoms with van der Waals surface area (Å²) in [5.41, 5.74) is 7.91. The van der Waals surface area contributed by atoms with Crippen LogP contribution in [-0.4, -0.2) is 30.1 Å². The van der Waals surface area contributed by atoms with Crippen LogP contribution in [0.15, 0.2) is 47.5 Å². The van der Waals surface area contributed by atoms with Gasteiger partial charge < -0.3 is 10.6 Å². The molecular formula is C22H24FN3O2. The van der Waals surface area contributed by atoms with Crippen LogP contribution in [0.3, 0.4) is 0 Å². The number of halogens is 1. The summed E-state index contributed by atoms with van der Waals surface area (Å²) in [5, 5.41) is 0. The topological polar surface area (TPSA) is 75.8 Å². The van der Waals surface area contributed by atoms with Crippen molar-refractivity contribution in [2.75, 3.05) is 11.4 Å². The third-order valence-corrected chi connectivity index (χ3v) is 4.82. The van der Waals surface area contributed by atoms with Crippen LogP contribution in [0.25, 0.3) is 0 Å². The second-order valence-electron chi connectivity index (χ2n) is 7.97. The maximum Gasteiger partial charge on any atom is 0.266 e. The van der Waals surface area contributed by atoms with Crippen LogP contribution in [0.1, 0.15) is 37.5 Å². The van der Waals surface area contributed by atoms with Crippen molar-refractivity contribution in [1.29, 1.82) is 0 Å². The standard InChI is InChI=1S/C22H24FN3O2/c1-13-8-7-10-15-18(14-9-5-6-11-16(14)23)25-20(24)21(28)26(19(13)15)12-17(27)22(2,3)4/h5-11,20H,12,24H2,1-4H3. The fourth-order valence-corrected chi connectivity index (χ4v) is 3.15. The molecule has 2 aromatic carbocycles. The van der Waals surface area contributed by atoms with E-state index in [4.69, 9.17) is 5.73 Å². The fourth-order valence-electron chi connectivity index (χ4n) is 3.15. The molecule has 0 saturated carbocycles. The Labute approximate surface area is 164 Å². The van der Waals surface area contributed by atoms with E-state index in [2.05, 4.69) is 4.99 Å². The Bertz CT molecular complexity index is 976. The van der Waals surface area contributed by atoms with Gasteiger partial charge in [-0.2, -0.15) is 0 Å². The summed E-state index contributed by atoms with van der Waals surface area (Å²) in [5.74, 6) is -1.04. The zero-order chi connectivity index (χ0) is 20.6. The molecule has 0 bridgehead atoms. The van der Waals surface area contributed by atoms with Gasteiger partial charge in [-0.05, 0) is 24.6 Å². The zero-order valence-corrected chi connectivity index (χ0v) is 16.5. The van der Waals surface area contributed by atoms with Gasteiger partial charge >= 0.3 is 0 Å². The minimum atomic E-state index is -1.23. The van der Waals surface area contributed by atoms with Gasteiger partial charge in [0.2, 0.25) is 0 Å². The Balaban J connectivity index is 2.22. The number of para-hydroxylation sites is 1. The third kappa shape index (κ3) is 3.60. The van der Waals surface area contributed by atoms with Gasteiger partial charge in [-0.25, -0.2) is 4.39 Å². The molecule has 1 atom stereocenters. The van der Waals surface area contributed by atoms with Crippen molar-refractivity contribution >= 4 is 23.1 Å². The van der Waals surface area contributed by atoms with E-state index in [-0.39, 0.29) is 17.9 Å². The minimum Gasteiger partial charge on any atom is -0.302 e. The van der Waals surface area contributed by atoms with Crippen LogP contribution < -0.4 is 10.6 Å². The number of amides is 1. The van der Waals surface area contributed by atoms with Crippen molar-refractivity contribution in [2.45, 2.75) is 33.9 Å². The maximum absolute atomic E-state index is 14.5. The third-order valence-electron chi connectivity index (χ3n) is 4.82. The molecule has 0 radical (unpaired) electrons. The highest BCUT2D eigenvalue weighted by Gasteiger charge is 2.34. The molecule has 28 heavy (non-hydrogen) atoms. The van der Waals surface area contributed by atoms with E-state index in [1.165, 1.54) is 11.0 Å². The summed E-state index contributed by atoms with van der Waals surface area (Å²) in [7, 11) is 0. The number of fused-ring (bicyclic) bond motifs is 1. The second-order valence-corrected chi connectivity index (χ2v) is 7.97. The molecule has 3 rings (SSSR count). The van der Waals surface area contributed by atoms with Gasteiger partial charge in [-0.3, -0.25) is 14.6 Å². The Morgan fingerprint density at radius 3 is 2.43 bits per heavy atom. The largest absolute Gasteiger partial charge is 0.302 e. The lowest BCUT2D eigenvalue weighted by atomic mass is 9.90. The van der Waals surface area contributed by atoms with Gasteiger partial charge in [0.1, 0.15) is 5.82 Å². The monoisotopic (exact) mass is 381 g/mol. The average Bonchev–Trinajstić information content (AvgIpc) is 2.72. The molecular weight excluding hydrogens is 357 g/mol. The molecule has 1 amide bonds. The number of nitrogens with zero attached hydrogens (tertiary/aromatic N) is 2. The number of aliphatic imine (C=N–C) groups is 1. The predicted octanol–water partition coefficient (Wildman–Crippen LogP) is 3.22. The SMILES string of the molecule is Cc1cccc2c1N(CC(=O)C(C)(C)C)C(=O)C(N)N=C2c1ccccc1F. The number of nitrogens with two attached hydrogens (primary N) is 1. The number of hydrogen-bond acceptors (Lipinski definition) is 4. The predicted molar refractivity (Wildman–Crippen MR) is 108 cm³/mol. The molecule has 0 spiro atoms. The van der Waals surface area contributed by atoms with Crippen molar-refractivity contribution in [3.63, 3.8) is 0 Å². The number of rotatable bonds is 3.